The molecule has 102 valence electrons. The number of carbonyl (C=O) groups is 1. The van der Waals surface area contributed by atoms with Crippen LogP contribution in [-0.4, -0.2) is 29.7 Å². The van der Waals surface area contributed by atoms with Gasteiger partial charge in [0.1, 0.15) is 5.60 Å². The van der Waals surface area contributed by atoms with E-state index >= 15 is 0 Å². The number of anilines is 1. The van der Waals surface area contributed by atoms with Crippen molar-refractivity contribution in [1.82, 2.24) is 0 Å². The molecule has 1 aliphatic rings. The summed E-state index contributed by atoms with van der Waals surface area (Å²) in [5.74, 6) is 0. The van der Waals surface area contributed by atoms with Crippen LogP contribution in [0.25, 0.3) is 0 Å². The van der Waals surface area contributed by atoms with Crippen LogP contribution >= 0.6 is 0 Å². The maximum absolute atomic E-state index is 12.1. The highest BCUT2D eigenvalue weighted by Gasteiger charge is 2.28. The van der Waals surface area contributed by atoms with Gasteiger partial charge in [-0.15, -0.1) is 0 Å². The number of ether oxygens (including phenoxy) is 1. The van der Waals surface area contributed by atoms with E-state index in [-0.39, 0.29) is 6.09 Å². The average Bonchev–Trinajstić information content (AvgIpc) is 2.70. The highest BCUT2D eigenvalue weighted by Crippen LogP contribution is 2.29. The predicted octanol–water partition coefficient (Wildman–Crippen LogP) is 2.79. The molecule has 1 aliphatic heterocycles. The molecule has 1 aromatic rings. The highest BCUT2D eigenvalue weighted by molar-refractivity contribution is 5.91. The fourth-order valence-electron chi connectivity index (χ4n) is 2.08. The van der Waals surface area contributed by atoms with Crippen LogP contribution in [0.5, 0.6) is 0 Å². The Morgan fingerprint density at radius 2 is 2.21 bits per heavy atom. The summed E-state index contributed by atoms with van der Waals surface area (Å²) in [6.07, 6.45) is 1.83. The van der Waals surface area contributed by atoms with E-state index in [0.29, 0.717) is 6.54 Å². The number of hydrogen-bond donors (Lipinski definition) is 1. The third-order valence-corrected chi connectivity index (χ3v) is 2.82. The Kier molecular flexibility index (Phi) is 3.46. The Bertz CT molecular complexity index is 518. The number of carbonyl (C=O) groups excluding carboxylic acids is 1. The molecule has 1 aromatic carbocycles. The van der Waals surface area contributed by atoms with E-state index in [1.54, 1.807) is 11.0 Å². The first kappa shape index (κ1) is 13.4. The standard InChI is InChI=1S/C14H18N2O3/c1-14(2,3)19-13(17)16-7-6-11-8-10(9-15-18)4-5-12(11)16/h4-5,8-9,18H,6-7H2,1-3H3/b15-9-. The lowest BCUT2D eigenvalue weighted by atomic mass is 10.1. The van der Waals surface area contributed by atoms with E-state index in [0.717, 1.165) is 23.2 Å². The van der Waals surface area contributed by atoms with Gasteiger partial charge in [-0.25, -0.2) is 4.79 Å². The molecule has 0 saturated carbocycles. The molecule has 0 bridgehead atoms. The summed E-state index contributed by atoms with van der Waals surface area (Å²) in [5, 5.41) is 11.5. The first-order valence-corrected chi connectivity index (χ1v) is 6.21. The van der Waals surface area contributed by atoms with E-state index in [4.69, 9.17) is 9.94 Å². The normalized spacial score (nSPS) is 14.8. The minimum atomic E-state index is -0.497. The summed E-state index contributed by atoms with van der Waals surface area (Å²) >= 11 is 0. The van der Waals surface area contributed by atoms with Gasteiger partial charge in [-0.2, -0.15) is 0 Å². The maximum Gasteiger partial charge on any atom is 0.414 e. The van der Waals surface area contributed by atoms with Crippen molar-refractivity contribution in [3.8, 4) is 0 Å². The van der Waals surface area contributed by atoms with Crippen molar-refractivity contribution < 1.29 is 14.7 Å². The smallest absolute Gasteiger partial charge is 0.414 e. The fraction of sp³-hybridized carbons (Fsp3) is 0.429. The molecule has 2 rings (SSSR count). The minimum Gasteiger partial charge on any atom is -0.443 e. The van der Waals surface area contributed by atoms with Crippen LogP contribution in [0.3, 0.4) is 0 Å². The first-order valence-electron chi connectivity index (χ1n) is 6.21. The van der Waals surface area contributed by atoms with Gasteiger partial charge >= 0.3 is 6.09 Å². The molecule has 0 saturated heterocycles. The lowest BCUT2D eigenvalue weighted by Crippen LogP contribution is -2.35. The van der Waals surface area contributed by atoms with Crippen molar-refractivity contribution in [3.05, 3.63) is 29.3 Å². The zero-order valence-corrected chi connectivity index (χ0v) is 11.4. The van der Waals surface area contributed by atoms with Gasteiger partial charge in [-0.05, 0) is 50.5 Å². The summed E-state index contributed by atoms with van der Waals surface area (Å²) in [4.78, 5) is 13.7. The van der Waals surface area contributed by atoms with Crippen LogP contribution in [-0.2, 0) is 11.2 Å². The first-order chi connectivity index (χ1) is 8.90. The molecule has 1 amide bonds. The molecule has 0 spiro atoms. The van der Waals surface area contributed by atoms with E-state index in [2.05, 4.69) is 5.16 Å². The number of hydrogen-bond acceptors (Lipinski definition) is 4. The average molecular weight is 262 g/mol. The third kappa shape index (κ3) is 3.05. The number of benzene rings is 1. The maximum atomic E-state index is 12.1. The zero-order valence-electron chi connectivity index (χ0n) is 11.4. The molecule has 0 radical (unpaired) electrons. The molecule has 0 aromatic heterocycles. The molecule has 1 N–H and O–H groups in total. The molecular formula is C14H18N2O3. The van der Waals surface area contributed by atoms with Gasteiger partial charge in [0.05, 0.1) is 11.9 Å². The Morgan fingerprint density at radius 1 is 1.47 bits per heavy atom. The van der Waals surface area contributed by atoms with Crippen molar-refractivity contribution >= 4 is 18.0 Å². The van der Waals surface area contributed by atoms with Crippen LogP contribution in [0, 0.1) is 0 Å². The van der Waals surface area contributed by atoms with Crippen molar-refractivity contribution in [3.63, 3.8) is 0 Å². The summed E-state index contributed by atoms with van der Waals surface area (Å²) in [5.41, 5.74) is 2.24. The lowest BCUT2D eigenvalue weighted by Gasteiger charge is -2.24. The Labute approximate surface area is 112 Å². The second-order valence-corrected chi connectivity index (χ2v) is 5.51. The molecule has 19 heavy (non-hydrogen) atoms. The van der Waals surface area contributed by atoms with Crippen molar-refractivity contribution in [1.29, 1.82) is 0 Å². The van der Waals surface area contributed by atoms with Crippen LogP contribution in [0.15, 0.2) is 23.4 Å². The van der Waals surface area contributed by atoms with Gasteiger partial charge in [0.25, 0.3) is 0 Å². The molecule has 5 nitrogen and oxygen atoms in total. The number of fused-ring (bicyclic) bond motifs is 1. The van der Waals surface area contributed by atoms with Crippen LogP contribution < -0.4 is 4.90 Å². The van der Waals surface area contributed by atoms with Crippen molar-refractivity contribution in [2.75, 3.05) is 11.4 Å². The van der Waals surface area contributed by atoms with Gasteiger partial charge in [-0.1, -0.05) is 11.2 Å². The molecule has 0 atom stereocenters. The number of rotatable bonds is 1. The molecular weight excluding hydrogens is 244 g/mol. The van der Waals surface area contributed by atoms with E-state index in [1.165, 1.54) is 6.21 Å². The van der Waals surface area contributed by atoms with Crippen LogP contribution in [0.1, 0.15) is 31.9 Å². The summed E-state index contributed by atoms with van der Waals surface area (Å²) < 4.78 is 5.38. The fourth-order valence-corrected chi connectivity index (χ4v) is 2.08. The van der Waals surface area contributed by atoms with Gasteiger partial charge < -0.3 is 9.94 Å². The van der Waals surface area contributed by atoms with Gasteiger partial charge in [0.2, 0.25) is 0 Å². The number of oxime groups is 1. The van der Waals surface area contributed by atoms with Gasteiger partial charge in [0.15, 0.2) is 0 Å². The minimum absolute atomic E-state index is 0.324. The highest BCUT2D eigenvalue weighted by atomic mass is 16.6. The second kappa shape index (κ2) is 4.91. The third-order valence-electron chi connectivity index (χ3n) is 2.82. The number of amides is 1. The monoisotopic (exact) mass is 262 g/mol. The second-order valence-electron chi connectivity index (χ2n) is 5.51. The summed E-state index contributed by atoms with van der Waals surface area (Å²) in [7, 11) is 0. The Morgan fingerprint density at radius 3 is 2.84 bits per heavy atom. The summed E-state index contributed by atoms with van der Waals surface area (Å²) in [6, 6.07) is 5.57. The van der Waals surface area contributed by atoms with Crippen molar-refractivity contribution in [2.24, 2.45) is 5.16 Å². The Balaban J connectivity index is 2.20. The molecule has 0 aliphatic carbocycles. The van der Waals surface area contributed by atoms with E-state index in [9.17, 15) is 4.79 Å². The van der Waals surface area contributed by atoms with E-state index in [1.807, 2.05) is 32.9 Å². The van der Waals surface area contributed by atoms with Crippen LogP contribution in [0.4, 0.5) is 10.5 Å². The molecule has 0 unspecified atom stereocenters. The van der Waals surface area contributed by atoms with E-state index < -0.39 is 5.60 Å². The zero-order chi connectivity index (χ0) is 14.0. The molecule has 0 fully saturated rings. The molecule has 5 heteroatoms. The van der Waals surface area contributed by atoms with Crippen LogP contribution in [0.2, 0.25) is 0 Å². The quantitative estimate of drug-likeness (QED) is 0.481. The number of nitrogens with zero attached hydrogens (tertiary/aromatic N) is 2. The summed E-state index contributed by atoms with van der Waals surface area (Å²) in [6.45, 7) is 6.16. The van der Waals surface area contributed by atoms with Gasteiger partial charge in [0, 0.05) is 6.54 Å². The Hall–Kier alpha value is -2.04. The molecule has 1 heterocycles. The lowest BCUT2D eigenvalue weighted by molar-refractivity contribution is 0.0584. The van der Waals surface area contributed by atoms with Gasteiger partial charge in [-0.3, -0.25) is 4.90 Å². The topological polar surface area (TPSA) is 62.1 Å². The largest absolute Gasteiger partial charge is 0.443 e. The van der Waals surface area contributed by atoms with Crippen molar-refractivity contribution in [2.45, 2.75) is 32.8 Å². The predicted molar refractivity (Wildman–Crippen MR) is 73.1 cm³/mol. The SMILES string of the molecule is CC(C)(C)OC(=O)N1CCc2cc(/C=N\O)ccc21.